The highest BCUT2D eigenvalue weighted by molar-refractivity contribution is 7.89. The van der Waals surface area contributed by atoms with Crippen molar-refractivity contribution in [3.8, 4) is 5.88 Å². The lowest BCUT2D eigenvalue weighted by atomic mass is 9.94. The largest absolute Gasteiger partial charge is 0.512 e. The van der Waals surface area contributed by atoms with Crippen LogP contribution in [0.4, 0.5) is 20.7 Å². The zero-order valence-corrected chi connectivity index (χ0v) is 26.2. The number of nitro groups is 1. The van der Waals surface area contributed by atoms with E-state index in [9.17, 15) is 33.2 Å². The molecule has 0 saturated heterocycles. The van der Waals surface area contributed by atoms with Crippen LogP contribution in [-0.2, 0) is 29.4 Å². The molecule has 1 aliphatic heterocycles. The average molecular weight is 681 g/mol. The third-order valence-corrected chi connectivity index (χ3v) is 10.7. The summed E-state index contributed by atoms with van der Waals surface area (Å²) in [7, 11) is -4.09. The van der Waals surface area contributed by atoms with Gasteiger partial charge in [0.05, 0.1) is 24.9 Å². The molecule has 3 aromatic carbocycles. The number of nitrogens with one attached hydrogen (secondary N) is 2. The van der Waals surface area contributed by atoms with Crippen molar-refractivity contribution >= 4 is 70.9 Å². The van der Waals surface area contributed by atoms with E-state index in [1.54, 1.807) is 6.07 Å². The summed E-state index contributed by atoms with van der Waals surface area (Å²) >= 11 is 2.53. The van der Waals surface area contributed by atoms with Crippen LogP contribution >= 0.6 is 22.7 Å². The normalized spacial score (nSPS) is 12.9. The fourth-order valence-electron chi connectivity index (χ4n) is 4.98. The Morgan fingerprint density at radius 3 is 2.65 bits per heavy atom. The lowest BCUT2D eigenvalue weighted by Gasteiger charge is -2.29. The van der Waals surface area contributed by atoms with Crippen LogP contribution in [0.5, 0.6) is 5.88 Å². The van der Waals surface area contributed by atoms with E-state index in [0.717, 1.165) is 38.7 Å². The molecule has 0 aliphatic carbocycles. The first-order chi connectivity index (χ1) is 22.1. The number of thiazole rings is 2. The minimum absolute atomic E-state index is 0.0364. The molecule has 236 valence electrons. The molecule has 0 bridgehead atoms. The number of hydrogen-bond donors (Lipinski definition) is 3. The molecule has 0 unspecified atom stereocenters. The first-order valence-corrected chi connectivity index (χ1v) is 16.9. The zero-order chi connectivity index (χ0) is 32.4. The van der Waals surface area contributed by atoms with Gasteiger partial charge in [0.25, 0.3) is 11.6 Å². The Kier molecular flexibility index (Phi) is 8.63. The molecule has 3 heterocycles. The van der Waals surface area contributed by atoms with Gasteiger partial charge in [0, 0.05) is 43.8 Å². The van der Waals surface area contributed by atoms with E-state index >= 15 is 0 Å². The van der Waals surface area contributed by atoms with E-state index in [1.165, 1.54) is 29.5 Å². The van der Waals surface area contributed by atoms with Crippen molar-refractivity contribution < 1.29 is 32.8 Å². The molecule has 0 radical (unpaired) electrons. The predicted octanol–water partition coefficient (Wildman–Crippen LogP) is 5.05. The monoisotopic (exact) mass is 680 g/mol. The maximum atomic E-state index is 13.4. The number of rotatable bonds is 10. The van der Waals surface area contributed by atoms with Crippen LogP contribution in [0.1, 0.15) is 26.4 Å². The van der Waals surface area contributed by atoms with Crippen LogP contribution in [0.3, 0.4) is 0 Å². The first kappa shape index (κ1) is 31.0. The molecule has 0 atom stereocenters. The molecule has 14 nitrogen and oxygen atoms in total. The number of nitrogens with zero attached hydrogens (tertiary/aromatic N) is 4. The number of carboxylic acid groups (broad SMARTS) is 1. The van der Waals surface area contributed by atoms with Gasteiger partial charge in [-0.1, -0.05) is 53.0 Å². The number of carbonyl (C=O) groups excluding carboxylic acids is 1. The molecule has 46 heavy (non-hydrogen) atoms. The number of para-hydroxylation sites is 1. The fourth-order valence-corrected chi connectivity index (χ4v) is 7.92. The summed E-state index contributed by atoms with van der Waals surface area (Å²) in [5.74, 6) is -0.474. The second-order valence-corrected chi connectivity index (χ2v) is 13.9. The minimum atomic E-state index is -4.09. The summed E-state index contributed by atoms with van der Waals surface area (Å²) < 4.78 is 33.8. The van der Waals surface area contributed by atoms with Gasteiger partial charge in [-0.2, -0.15) is 4.98 Å². The molecule has 5 aromatic rings. The first-order valence-electron chi connectivity index (χ1n) is 13.7. The van der Waals surface area contributed by atoms with Crippen LogP contribution in [-0.4, -0.2) is 53.6 Å². The maximum Gasteiger partial charge on any atom is 0.512 e. The van der Waals surface area contributed by atoms with E-state index in [4.69, 9.17) is 4.74 Å². The SMILES string of the molecule is O=C(O)Oc1nc(N2CCc3cccc(C(=O)Nc4nc5ccccc5s4)c3C2)sc1CCNS(=O)(=O)c1cccc([N+](=O)[O-])c1. The number of hydrogen-bond acceptors (Lipinski definition) is 12. The standard InChI is InChI=1S/C29H24N6O8S3/c36-25(32-27-31-22-9-1-2-10-23(22)44-27)20-8-3-5-17-12-14-34(16-21(17)20)28-33-26(43-29(37)38)24(45-28)11-13-30-46(41,42)19-7-4-6-18(15-19)35(39)40/h1-10,15,30H,11-14,16H2,(H,37,38)(H,31,32,36). The van der Waals surface area contributed by atoms with Crippen LogP contribution in [0.15, 0.2) is 71.6 Å². The van der Waals surface area contributed by atoms with E-state index in [1.807, 2.05) is 41.3 Å². The van der Waals surface area contributed by atoms with Gasteiger partial charge in [-0.3, -0.25) is 20.2 Å². The number of nitro benzene ring substituents is 1. The highest BCUT2D eigenvalue weighted by atomic mass is 32.2. The molecule has 1 amide bonds. The Morgan fingerprint density at radius 1 is 1.07 bits per heavy atom. The van der Waals surface area contributed by atoms with Gasteiger partial charge in [-0.25, -0.2) is 22.9 Å². The summed E-state index contributed by atoms with van der Waals surface area (Å²) in [4.78, 5) is 46.1. The molecular formula is C29H24N6O8S3. The van der Waals surface area contributed by atoms with E-state index in [-0.39, 0.29) is 35.3 Å². The summed E-state index contributed by atoms with van der Waals surface area (Å²) in [5, 5.41) is 24.2. The number of fused-ring (bicyclic) bond motifs is 2. The van der Waals surface area contributed by atoms with Crippen LogP contribution in [0.25, 0.3) is 10.2 Å². The summed E-state index contributed by atoms with van der Waals surface area (Å²) in [5.41, 5.74) is 2.71. The van der Waals surface area contributed by atoms with Crippen molar-refractivity contribution in [3.63, 3.8) is 0 Å². The van der Waals surface area contributed by atoms with Crippen LogP contribution < -0.4 is 19.7 Å². The summed E-state index contributed by atoms with van der Waals surface area (Å²) in [6, 6.07) is 17.8. The van der Waals surface area contributed by atoms with Crippen LogP contribution in [0.2, 0.25) is 0 Å². The smallest absolute Gasteiger partial charge is 0.449 e. The second-order valence-electron chi connectivity index (χ2n) is 10.1. The summed E-state index contributed by atoms with van der Waals surface area (Å²) in [6.07, 6.45) is -0.938. The molecule has 17 heteroatoms. The maximum absolute atomic E-state index is 13.4. The lowest BCUT2D eigenvalue weighted by Crippen LogP contribution is -2.32. The number of ether oxygens (including phenoxy) is 1. The van der Waals surface area contributed by atoms with Gasteiger partial charge < -0.3 is 14.7 Å². The van der Waals surface area contributed by atoms with Crippen molar-refractivity contribution in [2.75, 3.05) is 23.3 Å². The predicted molar refractivity (Wildman–Crippen MR) is 172 cm³/mol. The van der Waals surface area contributed by atoms with Gasteiger partial charge in [0.1, 0.15) is 0 Å². The molecule has 0 fully saturated rings. The number of carbonyl (C=O) groups is 2. The Bertz CT molecular complexity index is 2060. The molecule has 1 aliphatic rings. The number of non-ortho nitro benzene ring substituents is 1. The molecule has 3 N–H and O–H groups in total. The van der Waals surface area contributed by atoms with Gasteiger partial charge in [0.2, 0.25) is 15.9 Å². The lowest BCUT2D eigenvalue weighted by molar-refractivity contribution is -0.385. The quantitative estimate of drug-likeness (QED) is 0.101. The van der Waals surface area contributed by atoms with Gasteiger partial charge in [-0.15, -0.1) is 0 Å². The Hall–Kier alpha value is -4.97. The molecule has 6 rings (SSSR count). The Balaban J connectivity index is 1.19. The van der Waals surface area contributed by atoms with Gasteiger partial charge in [0.15, 0.2) is 10.3 Å². The number of sulfonamides is 1. The number of aromatic nitrogens is 2. The van der Waals surface area contributed by atoms with E-state index in [0.29, 0.717) is 40.2 Å². The third kappa shape index (κ3) is 6.66. The Labute approximate surface area is 269 Å². The third-order valence-electron chi connectivity index (χ3n) is 7.12. The van der Waals surface area contributed by atoms with Crippen molar-refractivity contribution in [2.45, 2.75) is 24.3 Å². The fraction of sp³-hybridized carbons (Fsp3) is 0.172. The van der Waals surface area contributed by atoms with E-state index in [2.05, 4.69) is 20.0 Å². The molecule has 0 saturated carbocycles. The topological polar surface area (TPSA) is 194 Å². The Morgan fingerprint density at radius 2 is 1.87 bits per heavy atom. The zero-order valence-electron chi connectivity index (χ0n) is 23.7. The number of benzene rings is 3. The number of anilines is 2. The number of amides is 1. The average Bonchev–Trinajstić information content (AvgIpc) is 3.63. The molecule has 0 spiro atoms. The highest BCUT2D eigenvalue weighted by Crippen LogP contribution is 2.36. The minimum Gasteiger partial charge on any atom is -0.449 e. The molecular weight excluding hydrogens is 657 g/mol. The second kappa shape index (κ2) is 12.8. The molecule has 2 aromatic heterocycles. The van der Waals surface area contributed by atoms with Crippen LogP contribution in [0, 0.1) is 10.1 Å². The van der Waals surface area contributed by atoms with E-state index < -0.39 is 21.1 Å². The van der Waals surface area contributed by atoms with Gasteiger partial charge in [-0.05, 0) is 41.8 Å². The highest BCUT2D eigenvalue weighted by Gasteiger charge is 2.27. The van der Waals surface area contributed by atoms with Crippen molar-refractivity contribution in [3.05, 3.63) is 98.4 Å². The summed E-state index contributed by atoms with van der Waals surface area (Å²) in [6.45, 7) is 0.702. The van der Waals surface area contributed by atoms with Crippen molar-refractivity contribution in [1.82, 2.24) is 14.7 Å². The van der Waals surface area contributed by atoms with Crippen molar-refractivity contribution in [1.29, 1.82) is 0 Å². The van der Waals surface area contributed by atoms with Gasteiger partial charge >= 0.3 is 6.16 Å². The van der Waals surface area contributed by atoms with Crippen molar-refractivity contribution in [2.24, 2.45) is 0 Å².